The maximum Gasteiger partial charge on any atom is 0.251 e. The number of carbonyl (C=O) groups is 2. The molecular formula is C12H12N6O2S. The van der Waals surface area contributed by atoms with Crippen molar-refractivity contribution in [2.24, 2.45) is 10.1 Å². The van der Waals surface area contributed by atoms with Crippen LogP contribution >= 0.6 is 11.8 Å². The van der Waals surface area contributed by atoms with Gasteiger partial charge in [0.15, 0.2) is 5.17 Å². The Labute approximate surface area is 124 Å². The third-order valence-corrected chi connectivity index (χ3v) is 3.36. The van der Waals surface area contributed by atoms with Crippen LogP contribution in [0.15, 0.2) is 34.4 Å². The predicted molar refractivity (Wildman–Crippen MR) is 80.5 cm³/mol. The molecule has 1 aliphatic rings. The van der Waals surface area contributed by atoms with E-state index in [0.717, 1.165) is 0 Å². The Morgan fingerprint density at radius 1 is 1.52 bits per heavy atom. The first-order valence-electron chi connectivity index (χ1n) is 6.09. The molecule has 0 bridgehead atoms. The summed E-state index contributed by atoms with van der Waals surface area (Å²) < 4.78 is 0. The number of aliphatic imine (C=N–C) groups is 1. The number of hydrogen-bond acceptors (Lipinski definition) is 5. The van der Waals surface area contributed by atoms with Gasteiger partial charge in [0.1, 0.15) is 0 Å². The largest absolute Gasteiger partial charge is 0.352 e. The number of benzene rings is 1. The number of thioether (sulfide) groups is 1. The number of nitrogens with one attached hydrogen (secondary N) is 2. The van der Waals surface area contributed by atoms with E-state index >= 15 is 0 Å². The van der Waals surface area contributed by atoms with Crippen molar-refractivity contribution in [2.45, 2.75) is 0 Å². The first-order chi connectivity index (χ1) is 10.2. The van der Waals surface area contributed by atoms with Crippen molar-refractivity contribution in [3.8, 4) is 0 Å². The van der Waals surface area contributed by atoms with Crippen LogP contribution in [0.3, 0.4) is 0 Å². The molecule has 21 heavy (non-hydrogen) atoms. The lowest BCUT2D eigenvalue weighted by Crippen LogP contribution is -2.25. The van der Waals surface area contributed by atoms with Gasteiger partial charge in [-0.05, 0) is 23.7 Å². The molecule has 0 unspecified atom stereocenters. The van der Waals surface area contributed by atoms with E-state index in [1.165, 1.54) is 11.8 Å². The smallest absolute Gasteiger partial charge is 0.251 e. The van der Waals surface area contributed by atoms with Gasteiger partial charge in [-0.25, -0.2) is 4.99 Å². The molecular weight excluding hydrogens is 292 g/mol. The van der Waals surface area contributed by atoms with Gasteiger partial charge in [0.25, 0.3) is 5.91 Å². The van der Waals surface area contributed by atoms with Crippen molar-refractivity contribution in [2.75, 3.05) is 18.8 Å². The van der Waals surface area contributed by atoms with E-state index < -0.39 is 0 Å². The van der Waals surface area contributed by atoms with Crippen LogP contribution in [-0.2, 0) is 4.79 Å². The summed E-state index contributed by atoms with van der Waals surface area (Å²) in [6, 6.07) is 6.74. The zero-order chi connectivity index (χ0) is 15.1. The van der Waals surface area contributed by atoms with Crippen molar-refractivity contribution in [3.63, 3.8) is 0 Å². The van der Waals surface area contributed by atoms with Crippen LogP contribution in [0.2, 0.25) is 0 Å². The number of azide groups is 1. The Kier molecular flexibility index (Phi) is 5.19. The van der Waals surface area contributed by atoms with Crippen LogP contribution in [0.1, 0.15) is 10.4 Å². The number of amides is 2. The third-order valence-electron chi connectivity index (χ3n) is 2.49. The van der Waals surface area contributed by atoms with Gasteiger partial charge in [-0.1, -0.05) is 22.9 Å². The quantitative estimate of drug-likeness (QED) is 0.372. The molecule has 0 radical (unpaired) electrons. The van der Waals surface area contributed by atoms with Crippen molar-refractivity contribution in [1.29, 1.82) is 0 Å². The maximum absolute atomic E-state index is 11.9. The number of rotatable bonds is 5. The Hall–Kier alpha value is -2.51. The molecule has 1 heterocycles. The molecule has 0 aromatic heterocycles. The molecule has 0 atom stereocenters. The normalized spacial score (nSPS) is 15.4. The second-order valence-corrected chi connectivity index (χ2v) is 4.98. The molecule has 9 heteroatoms. The molecule has 1 fully saturated rings. The molecule has 0 spiro atoms. The SMILES string of the molecule is [N-]=[N+]=NCCNC(=O)c1cccc(N=C2NC(=O)CS2)c1. The van der Waals surface area contributed by atoms with Crippen molar-refractivity contribution < 1.29 is 9.59 Å². The lowest BCUT2D eigenvalue weighted by Gasteiger charge is -2.04. The van der Waals surface area contributed by atoms with Crippen molar-refractivity contribution in [3.05, 3.63) is 40.3 Å². The van der Waals surface area contributed by atoms with Gasteiger partial charge in [-0.15, -0.1) is 0 Å². The summed E-state index contributed by atoms with van der Waals surface area (Å²) in [5, 5.41) is 9.12. The van der Waals surface area contributed by atoms with E-state index in [0.29, 0.717) is 22.2 Å². The fourth-order valence-corrected chi connectivity index (χ4v) is 2.28. The van der Waals surface area contributed by atoms with Gasteiger partial charge in [0.05, 0.1) is 11.4 Å². The molecule has 1 aromatic rings. The Morgan fingerprint density at radius 2 is 2.38 bits per heavy atom. The first-order valence-corrected chi connectivity index (χ1v) is 7.08. The molecule has 2 rings (SSSR count). The van der Waals surface area contributed by atoms with Crippen LogP contribution in [-0.4, -0.2) is 35.8 Å². The Balaban J connectivity index is 2.01. The lowest BCUT2D eigenvalue weighted by atomic mass is 10.2. The van der Waals surface area contributed by atoms with E-state index in [4.69, 9.17) is 5.53 Å². The maximum atomic E-state index is 11.9. The minimum Gasteiger partial charge on any atom is -0.352 e. The zero-order valence-corrected chi connectivity index (χ0v) is 11.8. The van der Waals surface area contributed by atoms with Crippen LogP contribution in [0.4, 0.5) is 5.69 Å². The topological polar surface area (TPSA) is 119 Å². The second kappa shape index (κ2) is 7.32. The summed E-state index contributed by atoms with van der Waals surface area (Å²) in [5.74, 6) is 0.0114. The standard InChI is InChI=1S/C12H12N6O2S/c13-18-15-5-4-14-11(20)8-2-1-3-9(6-8)16-12-17-10(19)7-21-12/h1-3,6H,4-5,7H2,(H,14,20)(H,16,17,19). The van der Waals surface area contributed by atoms with Gasteiger partial charge in [-0.3, -0.25) is 9.59 Å². The van der Waals surface area contributed by atoms with Crippen LogP contribution < -0.4 is 10.6 Å². The molecule has 8 nitrogen and oxygen atoms in total. The fraction of sp³-hybridized carbons (Fsp3) is 0.250. The summed E-state index contributed by atoms with van der Waals surface area (Å²) in [6.45, 7) is 0.473. The Morgan fingerprint density at radius 3 is 3.10 bits per heavy atom. The van der Waals surface area contributed by atoms with E-state index in [-0.39, 0.29) is 24.9 Å². The molecule has 108 valence electrons. The van der Waals surface area contributed by atoms with E-state index in [9.17, 15) is 9.59 Å². The third kappa shape index (κ3) is 4.51. The highest BCUT2D eigenvalue weighted by Crippen LogP contribution is 2.18. The molecule has 2 amide bonds. The highest BCUT2D eigenvalue weighted by Gasteiger charge is 2.16. The molecule has 0 saturated carbocycles. The Bertz CT molecular complexity index is 638. The summed E-state index contributed by atoms with van der Waals surface area (Å²) in [7, 11) is 0. The monoisotopic (exact) mass is 304 g/mol. The van der Waals surface area contributed by atoms with Gasteiger partial charge in [0.2, 0.25) is 5.91 Å². The van der Waals surface area contributed by atoms with E-state index in [2.05, 4.69) is 25.7 Å². The minimum atomic E-state index is -0.270. The summed E-state index contributed by atoms with van der Waals surface area (Å²) >= 11 is 1.32. The highest BCUT2D eigenvalue weighted by atomic mass is 32.2. The molecule has 1 aliphatic heterocycles. The summed E-state index contributed by atoms with van der Waals surface area (Å²) in [5.41, 5.74) is 9.17. The predicted octanol–water partition coefficient (Wildman–Crippen LogP) is 1.58. The number of hydrogen-bond donors (Lipinski definition) is 2. The van der Waals surface area contributed by atoms with E-state index in [1.54, 1.807) is 24.3 Å². The minimum absolute atomic E-state index is 0.0781. The van der Waals surface area contributed by atoms with Gasteiger partial charge in [0, 0.05) is 23.6 Å². The second-order valence-electron chi connectivity index (χ2n) is 4.01. The van der Waals surface area contributed by atoms with Gasteiger partial charge in [-0.2, -0.15) is 0 Å². The molecule has 1 saturated heterocycles. The van der Waals surface area contributed by atoms with Crippen LogP contribution in [0.5, 0.6) is 0 Å². The average Bonchev–Trinajstić information content (AvgIpc) is 2.89. The fourth-order valence-electron chi connectivity index (χ4n) is 1.59. The number of carbonyl (C=O) groups excluding carboxylic acids is 2. The molecule has 1 aromatic carbocycles. The molecule has 0 aliphatic carbocycles. The van der Waals surface area contributed by atoms with Gasteiger partial charge >= 0.3 is 0 Å². The zero-order valence-electron chi connectivity index (χ0n) is 10.9. The highest BCUT2D eigenvalue weighted by molar-refractivity contribution is 8.15. The molecule has 2 N–H and O–H groups in total. The number of nitrogens with zero attached hydrogens (tertiary/aromatic N) is 4. The average molecular weight is 304 g/mol. The number of amidine groups is 1. The summed E-state index contributed by atoms with van der Waals surface area (Å²) in [6.07, 6.45) is 0. The van der Waals surface area contributed by atoms with Crippen LogP contribution in [0.25, 0.3) is 10.4 Å². The first kappa shape index (κ1) is 14.9. The van der Waals surface area contributed by atoms with Crippen molar-refractivity contribution >= 4 is 34.4 Å². The van der Waals surface area contributed by atoms with E-state index in [1.807, 2.05) is 0 Å². The lowest BCUT2D eigenvalue weighted by molar-refractivity contribution is -0.116. The van der Waals surface area contributed by atoms with Crippen molar-refractivity contribution in [1.82, 2.24) is 10.6 Å². The summed E-state index contributed by atoms with van der Waals surface area (Å²) in [4.78, 5) is 29.8. The van der Waals surface area contributed by atoms with Crippen LogP contribution in [0, 0.1) is 0 Å². The van der Waals surface area contributed by atoms with Gasteiger partial charge < -0.3 is 10.6 Å².